The van der Waals surface area contributed by atoms with Gasteiger partial charge in [0, 0.05) is 23.3 Å². The normalized spacial score (nSPS) is 26.8. The van der Waals surface area contributed by atoms with Crippen LogP contribution in [0.4, 0.5) is 5.69 Å². The molecule has 0 unspecified atom stereocenters. The van der Waals surface area contributed by atoms with Crippen LogP contribution >= 0.6 is 11.6 Å². The van der Waals surface area contributed by atoms with E-state index in [1.54, 1.807) is 24.3 Å². The Bertz CT molecular complexity index is 1130. The number of carbonyl (C=O) groups excluding carboxylic acids is 1. The first-order chi connectivity index (χ1) is 15.4. The first-order valence-corrected chi connectivity index (χ1v) is 12.8. The van der Waals surface area contributed by atoms with Gasteiger partial charge in [-0.2, -0.15) is 0 Å². The Morgan fingerprint density at radius 2 is 1.94 bits per heavy atom. The molecule has 0 radical (unpaired) electrons. The van der Waals surface area contributed by atoms with Crippen LogP contribution in [0.25, 0.3) is 0 Å². The Morgan fingerprint density at radius 1 is 1.12 bits per heavy atom. The highest BCUT2D eigenvalue weighted by Crippen LogP contribution is 2.31. The number of fused-ring (bicyclic) bond motifs is 4. The highest BCUT2D eigenvalue weighted by atomic mass is 35.5. The van der Waals surface area contributed by atoms with E-state index < -0.39 is 10.0 Å². The van der Waals surface area contributed by atoms with Crippen molar-refractivity contribution in [2.24, 2.45) is 11.8 Å². The molecule has 3 saturated heterocycles. The number of ether oxygens (including phenoxy) is 1. The van der Waals surface area contributed by atoms with Crippen molar-refractivity contribution < 1.29 is 17.9 Å². The van der Waals surface area contributed by atoms with Gasteiger partial charge >= 0.3 is 0 Å². The van der Waals surface area contributed by atoms with Crippen LogP contribution < -0.4 is 14.8 Å². The summed E-state index contributed by atoms with van der Waals surface area (Å²) >= 11 is 6.06. The molecule has 2 bridgehead atoms. The lowest BCUT2D eigenvalue weighted by molar-refractivity contribution is -0.121. The van der Waals surface area contributed by atoms with Gasteiger partial charge < -0.3 is 15.0 Å². The van der Waals surface area contributed by atoms with Crippen molar-refractivity contribution in [3.8, 4) is 5.75 Å². The number of sulfonamides is 1. The standard InChI is InChI=1S/C23H26ClN3O4S/c24-18-4-5-22-16(11-18)10-17(14-31-22)23(28)25-19-2-1-3-20(12-19)32(29,30)26-21-13-27-8-6-15(21)7-9-27/h1-5,11-12,15,17,21,26H,6-10,13-14H2,(H,25,28)/t17-,21-/m1/s1. The molecule has 6 rings (SSSR count). The monoisotopic (exact) mass is 475 g/mol. The van der Waals surface area contributed by atoms with Gasteiger partial charge in [0.05, 0.1) is 10.8 Å². The van der Waals surface area contributed by atoms with Crippen LogP contribution in [0.2, 0.25) is 5.02 Å². The molecule has 32 heavy (non-hydrogen) atoms. The summed E-state index contributed by atoms with van der Waals surface area (Å²) in [5.41, 5.74) is 1.34. The summed E-state index contributed by atoms with van der Waals surface area (Å²) in [5.74, 6) is 0.535. The molecular formula is C23H26ClN3O4S. The quantitative estimate of drug-likeness (QED) is 0.694. The molecule has 0 aromatic heterocycles. The lowest BCUT2D eigenvalue weighted by Crippen LogP contribution is -2.57. The van der Waals surface area contributed by atoms with Crippen LogP contribution in [0.1, 0.15) is 18.4 Å². The molecule has 7 nitrogen and oxygen atoms in total. The van der Waals surface area contributed by atoms with Gasteiger partial charge in [-0.15, -0.1) is 0 Å². The molecule has 3 fully saturated rings. The molecule has 2 atom stereocenters. The maximum atomic E-state index is 13.0. The minimum absolute atomic E-state index is 0.0629. The highest BCUT2D eigenvalue weighted by Gasteiger charge is 2.36. The second-order valence-electron chi connectivity index (χ2n) is 8.85. The maximum absolute atomic E-state index is 13.0. The van der Waals surface area contributed by atoms with Crippen molar-refractivity contribution in [1.82, 2.24) is 9.62 Å². The fraction of sp³-hybridized carbons (Fsp3) is 0.435. The predicted octanol–water partition coefficient (Wildman–Crippen LogP) is 2.90. The summed E-state index contributed by atoms with van der Waals surface area (Å²) in [6.45, 7) is 3.12. The maximum Gasteiger partial charge on any atom is 0.240 e. The summed E-state index contributed by atoms with van der Waals surface area (Å²) in [5, 5.41) is 3.45. The number of halogens is 1. The molecule has 0 aliphatic carbocycles. The molecular weight excluding hydrogens is 450 g/mol. The lowest BCUT2D eigenvalue weighted by Gasteiger charge is -2.44. The summed E-state index contributed by atoms with van der Waals surface area (Å²) in [6, 6.07) is 11.7. The van der Waals surface area contributed by atoms with Crippen LogP contribution in [0.15, 0.2) is 47.4 Å². The molecule has 2 N–H and O–H groups in total. The van der Waals surface area contributed by atoms with Crippen LogP contribution in [0.3, 0.4) is 0 Å². The molecule has 1 amide bonds. The average Bonchev–Trinajstić information content (AvgIpc) is 2.79. The largest absolute Gasteiger partial charge is 0.492 e. The zero-order valence-electron chi connectivity index (χ0n) is 17.6. The zero-order valence-corrected chi connectivity index (χ0v) is 19.2. The van der Waals surface area contributed by atoms with Gasteiger partial charge in [0.2, 0.25) is 15.9 Å². The number of amides is 1. The fourth-order valence-corrected chi connectivity index (χ4v) is 6.42. The first kappa shape index (κ1) is 21.7. The smallest absolute Gasteiger partial charge is 0.240 e. The lowest BCUT2D eigenvalue weighted by atomic mass is 9.85. The molecule has 4 aliphatic rings. The first-order valence-electron chi connectivity index (χ1n) is 10.9. The van der Waals surface area contributed by atoms with Crippen molar-refractivity contribution in [1.29, 1.82) is 0 Å². The molecule has 0 spiro atoms. The Kier molecular flexibility index (Phi) is 5.88. The van der Waals surface area contributed by atoms with E-state index in [4.69, 9.17) is 16.3 Å². The molecule has 2 aromatic rings. The third kappa shape index (κ3) is 4.50. The topological polar surface area (TPSA) is 87.7 Å². The van der Waals surface area contributed by atoms with E-state index in [-0.39, 0.29) is 29.4 Å². The van der Waals surface area contributed by atoms with Crippen molar-refractivity contribution in [2.45, 2.75) is 30.2 Å². The minimum atomic E-state index is -3.68. The van der Waals surface area contributed by atoms with E-state index in [1.807, 2.05) is 12.1 Å². The van der Waals surface area contributed by atoms with E-state index in [9.17, 15) is 13.2 Å². The van der Waals surface area contributed by atoms with Crippen molar-refractivity contribution in [2.75, 3.05) is 31.6 Å². The number of rotatable bonds is 5. The van der Waals surface area contributed by atoms with E-state index >= 15 is 0 Å². The summed E-state index contributed by atoms with van der Waals surface area (Å²) < 4.78 is 34.6. The van der Waals surface area contributed by atoms with Gasteiger partial charge in [-0.05, 0) is 80.2 Å². The van der Waals surface area contributed by atoms with Gasteiger partial charge in [-0.3, -0.25) is 4.79 Å². The molecule has 170 valence electrons. The molecule has 4 heterocycles. The number of carbonyl (C=O) groups is 1. The van der Waals surface area contributed by atoms with Gasteiger partial charge in [0.1, 0.15) is 12.4 Å². The number of piperidine rings is 3. The molecule has 9 heteroatoms. The van der Waals surface area contributed by atoms with Gasteiger partial charge in [-0.1, -0.05) is 17.7 Å². The van der Waals surface area contributed by atoms with Gasteiger partial charge in [0.25, 0.3) is 0 Å². The third-order valence-electron chi connectivity index (χ3n) is 6.67. The Balaban J connectivity index is 1.26. The Morgan fingerprint density at radius 3 is 2.69 bits per heavy atom. The van der Waals surface area contributed by atoms with Gasteiger partial charge in [-0.25, -0.2) is 13.1 Å². The van der Waals surface area contributed by atoms with Crippen LogP contribution in [-0.4, -0.2) is 51.5 Å². The van der Waals surface area contributed by atoms with Crippen LogP contribution in [0.5, 0.6) is 5.75 Å². The van der Waals surface area contributed by atoms with E-state index in [1.165, 1.54) is 6.07 Å². The molecule has 0 saturated carbocycles. The number of hydrogen-bond acceptors (Lipinski definition) is 5. The third-order valence-corrected chi connectivity index (χ3v) is 8.40. The number of nitrogens with one attached hydrogen (secondary N) is 2. The van der Waals surface area contributed by atoms with E-state index in [0.29, 0.717) is 23.0 Å². The zero-order chi connectivity index (χ0) is 22.3. The van der Waals surface area contributed by atoms with Crippen molar-refractivity contribution in [3.63, 3.8) is 0 Å². The predicted molar refractivity (Wildman–Crippen MR) is 122 cm³/mol. The summed E-state index contributed by atoms with van der Waals surface area (Å²) in [7, 11) is -3.68. The fourth-order valence-electron chi connectivity index (χ4n) is 4.88. The van der Waals surface area contributed by atoms with Crippen molar-refractivity contribution >= 4 is 33.2 Å². The number of benzene rings is 2. The van der Waals surface area contributed by atoms with Crippen LogP contribution in [0, 0.1) is 11.8 Å². The molecule has 2 aromatic carbocycles. The number of hydrogen-bond donors (Lipinski definition) is 2. The summed E-state index contributed by atoms with van der Waals surface area (Å²) in [4.78, 5) is 15.3. The van der Waals surface area contributed by atoms with E-state index in [0.717, 1.165) is 43.8 Å². The van der Waals surface area contributed by atoms with Crippen molar-refractivity contribution in [3.05, 3.63) is 53.1 Å². The number of nitrogens with zero attached hydrogens (tertiary/aromatic N) is 1. The highest BCUT2D eigenvalue weighted by molar-refractivity contribution is 7.89. The summed E-state index contributed by atoms with van der Waals surface area (Å²) in [6.07, 6.45) is 2.57. The number of anilines is 1. The minimum Gasteiger partial charge on any atom is -0.492 e. The second kappa shape index (κ2) is 8.67. The Labute approximate surface area is 193 Å². The second-order valence-corrected chi connectivity index (χ2v) is 11.0. The molecule has 4 aliphatic heterocycles. The van der Waals surface area contributed by atoms with E-state index in [2.05, 4.69) is 14.9 Å². The average molecular weight is 476 g/mol. The van der Waals surface area contributed by atoms with Crippen LogP contribution in [-0.2, 0) is 21.2 Å². The van der Waals surface area contributed by atoms with Gasteiger partial charge in [0.15, 0.2) is 0 Å². The SMILES string of the molecule is O=C(Nc1cccc(S(=O)(=O)N[C@@H]2CN3CCC2CC3)c1)[C@H]1COc2ccc(Cl)cc2C1. The Hall–Kier alpha value is -2.13.